The summed E-state index contributed by atoms with van der Waals surface area (Å²) >= 11 is 0. The molecule has 2 heterocycles. The van der Waals surface area contributed by atoms with Gasteiger partial charge < -0.3 is 15.4 Å². The summed E-state index contributed by atoms with van der Waals surface area (Å²) < 4.78 is 5.42. The van der Waals surface area contributed by atoms with Crippen molar-refractivity contribution in [2.45, 2.75) is 56.7 Å². The first kappa shape index (κ1) is 16.5. The van der Waals surface area contributed by atoms with Gasteiger partial charge in [-0.25, -0.2) is 0 Å². The minimum absolute atomic E-state index is 0.0175. The Morgan fingerprint density at radius 1 is 1.04 bits per heavy atom. The highest BCUT2D eigenvalue weighted by atomic mass is 16.5. The van der Waals surface area contributed by atoms with Crippen LogP contribution in [0.1, 0.15) is 48.9 Å². The molecule has 0 bridgehead atoms. The predicted molar refractivity (Wildman–Crippen MR) is 96.6 cm³/mol. The van der Waals surface area contributed by atoms with Crippen molar-refractivity contribution in [1.82, 2.24) is 20.8 Å². The molecule has 25 heavy (non-hydrogen) atoms. The number of H-pyrrole nitrogens is 1. The Hall–Kier alpha value is -1.92. The number of nitrogens with zero attached hydrogens (tertiary/aromatic N) is 1. The van der Waals surface area contributed by atoms with Gasteiger partial charge in [-0.3, -0.25) is 9.89 Å². The second kappa shape index (κ2) is 7.54. The zero-order chi connectivity index (χ0) is 17.1. The average molecular weight is 342 g/mol. The summed E-state index contributed by atoms with van der Waals surface area (Å²) in [6, 6.07) is 7.12. The Bertz CT molecular complexity index is 715. The molecule has 0 atom stereocenters. The molecule has 1 aromatic heterocycles. The van der Waals surface area contributed by atoms with E-state index in [1.54, 1.807) is 6.20 Å². The van der Waals surface area contributed by atoms with Gasteiger partial charge in [-0.05, 0) is 56.7 Å². The van der Waals surface area contributed by atoms with E-state index in [4.69, 9.17) is 4.74 Å². The van der Waals surface area contributed by atoms with Gasteiger partial charge >= 0.3 is 0 Å². The van der Waals surface area contributed by atoms with Crippen LogP contribution in [0, 0.1) is 0 Å². The number of carbonyl (C=O) groups is 1. The fraction of sp³-hybridized carbons (Fsp3) is 0.579. The fourth-order valence-corrected chi connectivity index (χ4v) is 3.95. The van der Waals surface area contributed by atoms with Gasteiger partial charge in [0.2, 0.25) is 0 Å². The van der Waals surface area contributed by atoms with Crippen LogP contribution in [0.2, 0.25) is 0 Å². The maximum absolute atomic E-state index is 12.5. The van der Waals surface area contributed by atoms with E-state index in [1.165, 1.54) is 0 Å². The molecule has 1 saturated carbocycles. The van der Waals surface area contributed by atoms with Crippen molar-refractivity contribution in [2.24, 2.45) is 0 Å². The molecule has 1 aliphatic carbocycles. The van der Waals surface area contributed by atoms with E-state index in [-0.39, 0.29) is 11.9 Å². The zero-order valence-electron chi connectivity index (χ0n) is 14.5. The monoisotopic (exact) mass is 342 g/mol. The van der Waals surface area contributed by atoms with Crippen LogP contribution in [-0.2, 0) is 4.74 Å². The number of nitrogens with one attached hydrogen (secondary N) is 3. The lowest BCUT2D eigenvalue weighted by atomic mass is 9.90. The third-order valence-corrected chi connectivity index (χ3v) is 5.46. The summed E-state index contributed by atoms with van der Waals surface area (Å²) in [5, 5.41) is 14.9. The smallest absolute Gasteiger partial charge is 0.251 e. The molecule has 0 radical (unpaired) electrons. The molecule has 1 saturated heterocycles. The minimum Gasteiger partial charge on any atom is -0.381 e. The van der Waals surface area contributed by atoms with E-state index >= 15 is 0 Å². The number of ether oxygens (including phenoxy) is 1. The maximum Gasteiger partial charge on any atom is 0.251 e. The summed E-state index contributed by atoms with van der Waals surface area (Å²) in [5.74, 6) is 0.0175. The molecule has 2 aromatic rings. The second-order valence-electron chi connectivity index (χ2n) is 7.25. The van der Waals surface area contributed by atoms with Gasteiger partial charge in [0.1, 0.15) is 0 Å². The van der Waals surface area contributed by atoms with Crippen LogP contribution in [0.5, 0.6) is 0 Å². The molecule has 0 unspecified atom stereocenters. The third kappa shape index (κ3) is 4.02. The SMILES string of the molecule is O=C(NC1CCC(NC2CCOCC2)CC1)c1ccc2[nH]ncc2c1. The van der Waals surface area contributed by atoms with Crippen molar-refractivity contribution in [2.75, 3.05) is 13.2 Å². The summed E-state index contributed by atoms with van der Waals surface area (Å²) in [4.78, 5) is 12.5. The molecule has 2 aliphatic rings. The number of aromatic amines is 1. The predicted octanol–water partition coefficient (Wildman–Crippen LogP) is 2.37. The van der Waals surface area contributed by atoms with Crippen LogP contribution < -0.4 is 10.6 Å². The Balaban J connectivity index is 1.27. The normalized spacial score (nSPS) is 25.1. The molecule has 1 amide bonds. The van der Waals surface area contributed by atoms with Crippen LogP contribution in [0.15, 0.2) is 24.4 Å². The van der Waals surface area contributed by atoms with Crippen molar-refractivity contribution >= 4 is 16.8 Å². The fourth-order valence-electron chi connectivity index (χ4n) is 3.95. The molecule has 1 aromatic carbocycles. The first-order chi connectivity index (χ1) is 12.3. The molecule has 134 valence electrons. The first-order valence-corrected chi connectivity index (χ1v) is 9.36. The number of carbonyl (C=O) groups excluding carboxylic acids is 1. The second-order valence-corrected chi connectivity index (χ2v) is 7.25. The Kier molecular flexibility index (Phi) is 4.99. The summed E-state index contributed by atoms with van der Waals surface area (Å²) in [5.41, 5.74) is 1.66. The van der Waals surface area contributed by atoms with Gasteiger partial charge in [0.15, 0.2) is 0 Å². The molecular weight excluding hydrogens is 316 g/mol. The molecule has 0 spiro atoms. The van der Waals surface area contributed by atoms with Gasteiger partial charge in [-0.2, -0.15) is 5.10 Å². The standard InChI is InChI=1S/C19H26N4O2/c24-19(13-1-6-18-14(11-13)12-20-23-18)22-16-4-2-15(3-5-16)21-17-7-9-25-10-8-17/h1,6,11-12,15-17,21H,2-5,7-10H2,(H,20,23)(H,22,24). The number of fused-ring (bicyclic) bond motifs is 1. The quantitative estimate of drug-likeness (QED) is 0.797. The number of rotatable bonds is 4. The molecule has 3 N–H and O–H groups in total. The highest BCUT2D eigenvalue weighted by Gasteiger charge is 2.25. The highest BCUT2D eigenvalue weighted by Crippen LogP contribution is 2.21. The van der Waals surface area contributed by atoms with Crippen molar-refractivity contribution in [3.8, 4) is 0 Å². The van der Waals surface area contributed by atoms with E-state index in [0.717, 1.165) is 62.6 Å². The maximum atomic E-state index is 12.5. The van der Waals surface area contributed by atoms with E-state index in [1.807, 2.05) is 18.2 Å². The Morgan fingerprint density at radius 2 is 1.76 bits per heavy atom. The van der Waals surface area contributed by atoms with Crippen molar-refractivity contribution < 1.29 is 9.53 Å². The van der Waals surface area contributed by atoms with E-state index < -0.39 is 0 Å². The first-order valence-electron chi connectivity index (χ1n) is 9.36. The number of aromatic nitrogens is 2. The third-order valence-electron chi connectivity index (χ3n) is 5.46. The topological polar surface area (TPSA) is 79.0 Å². The molecule has 1 aliphatic heterocycles. The number of hydrogen-bond donors (Lipinski definition) is 3. The van der Waals surface area contributed by atoms with Crippen molar-refractivity contribution in [3.05, 3.63) is 30.0 Å². The van der Waals surface area contributed by atoms with E-state index in [0.29, 0.717) is 17.6 Å². The molecule has 6 nitrogen and oxygen atoms in total. The molecule has 4 rings (SSSR count). The Labute approximate surface area is 147 Å². The summed E-state index contributed by atoms with van der Waals surface area (Å²) in [6.45, 7) is 1.76. The zero-order valence-corrected chi connectivity index (χ0v) is 14.5. The number of amides is 1. The van der Waals surface area contributed by atoms with Crippen LogP contribution in [0.4, 0.5) is 0 Å². The molecule has 6 heteroatoms. The summed E-state index contributed by atoms with van der Waals surface area (Å²) in [6.07, 6.45) is 8.33. The van der Waals surface area contributed by atoms with Gasteiger partial charge in [-0.15, -0.1) is 0 Å². The molecule has 2 fully saturated rings. The van der Waals surface area contributed by atoms with Crippen LogP contribution >= 0.6 is 0 Å². The lowest BCUT2D eigenvalue weighted by Crippen LogP contribution is -2.46. The van der Waals surface area contributed by atoms with Gasteiger partial charge in [-0.1, -0.05) is 0 Å². The van der Waals surface area contributed by atoms with Gasteiger partial charge in [0.05, 0.1) is 11.7 Å². The van der Waals surface area contributed by atoms with Crippen LogP contribution in [0.25, 0.3) is 10.9 Å². The Morgan fingerprint density at radius 3 is 2.56 bits per heavy atom. The number of benzene rings is 1. The lowest BCUT2D eigenvalue weighted by Gasteiger charge is -2.33. The van der Waals surface area contributed by atoms with Gasteiger partial charge in [0.25, 0.3) is 5.91 Å². The average Bonchev–Trinajstić information content (AvgIpc) is 3.12. The highest BCUT2D eigenvalue weighted by molar-refractivity contribution is 5.98. The largest absolute Gasteiger partial charge is 0.381 e. The van der Waals surface area contributed by atoms with Crippen LogP contribution in [-0.4, -0.2) is 47.4 Å². The van der Waals surface area contributed by atoms with Crippen molar-refractivity contribution in [1.29, 1.82) is 0 Å². The van der Waals surface area contributed by atoms with E-state index in [2.05, 4.69) is 20.8 Å². The summed E-state index contributed by atoms with van der Waals surface area (Å²) in [7, 11) is 0. The van der Waals surface area contributed by atoms with Gasteiger partial charge in [0, 0.05) is 42.3 Å². The van der Waals surface area contributed by atoms with E-state index in [9.17, 15) is 4.79 Å². The van der Waals surface area contributed by atoms with Crippen LogP contribution in [0.3, 0.4) is 0 Å². The number of hydrogen-bond acceptors (Lipinski definition) is 4. The van der Waals surface area contributed by atoms with Crippen molar-refractivity contribution in [3.63, 3.8) is 0 Å². The minimum atomic E-state index is 0.0175. The molecular formula is C19H26N4O2. The lowest BCUT2D eigenvalue weighted by molar-refractivity contribution is 0.0722.